The van der Waals surface area contributed by atoms with Crippen LogP contribution in [0.4, 0.5) is 17.2 Å². The molecular weight excluding hydrogens is 506 g/mol. The number of aromatic nitrogens is 2. The minimum atomic E-state index is -0.324. The number of benzene rings is 3. The number of anilines is 3. The van der Waals surface area contributed by atoms with Gasteiger partial charge in [0.15, 0.2) is 0 Å². The van der Waals surface area contributed by atoms with E-state index in [-0.39, 0.29) is 5.91 Å². The van der Waals surface area contributed by atoms with Gasteiger partial charge >= 0.3 is 0 Å². The molecule has 1 fully saturated rings. The predicted molar refractivity (Wildman–Crippen MR) is 156 cm³/mol. The zero-order valence-electron chi connectivity index (χ0n) is 22.3. The molecule has 0 radical (unpaired) electrons. The van der Waals surface area contributed by atoms with E-state index in [4.69, 9.17) is 14.2 Å². The van der Waals surface area contributed by atoms with Crippen LogP contribution in [0.3, 0.4) is 0 Å². The van der Waals surface area contributed by atoms with Gasteiger partial charge in [0.05, 0.1) is 31.0 Å². The van der Waals surface area contributed by atoms with Gasteiger partial charge < -0.3 is 24.8 Å². The van der Waals surface area contributed by atoms with Crippen molar-refractivity contribution in [2.24, 2.45) is 0 Å². The van der Waals surface area contributed by atoms with E-state index in [0.29, 0.717) is 36.0 Å². The minimum absolute atomic E-state index is 0.324. The molecule has 1 aliphatic rings. The standard InChI is InChI=1S/C31H33N5O4/c1-2-30(37)35-28-19-26-27(20-29(28)39-16-6-13-36-14-17-38-18-15-36)32-22-33-31(26)34-24-9-11-25(12-10-24)40-21-23-7-4-3-5-8-23/h2-5,7-12,19-20,22H,1,6,13-18,21H2,(H,35,37)(H,32,33,34). The quantitative estimate of drug-likeness (QED) is 0.188. The third kappa shape index (κ3) is 7.34. The van der Waals surface area contributed by atoms with Gasteiger partial charge in [-0.1, -0.05) is 36.9 Å². The first-order valence-electron chi connectivity index (χ1n) is 13.4. The van der Waals surface area contributed by atoms with Gasteiger partial charge in [0.2, 0.25) is 5.91 Å². The van der Waals surface area contributed by atoms with Crippen molar-refractivity contribution in [3.8, 4) is 11.5 Å². The molecule has 9 nitrogen and oxygen atoms in total. The molecule has 0 unspecified atom stereocenters. The molecule has 2 heterocycles. The highest BCUT2D eigenvalue weighted by Crippen LogP contribution is 2.33. The Kier molecular flexibility index (Phi) is 9.18. The van der Waals surface area contributed by atoms with Crippen LogP contribution in [0.25, 0.3) is 10.9 Å². The van der Waals surface area contributed by atoms with Crippen molar-refractivity contribution in [1.29, 1.82) is 0 Å². The summed E-state index contributed by atoms with van der Waals surface area (Å²) in [5.74, 6) is 1.60. The average molecular weight is 540 g/mol. The number of morpholine rings is 1. The largest absolute Gasteiger partial charge is 0.491 e. The third-order valence-electron chi connectivity index (χ3n) is 6.53. The lowest BCUT2D eigenvalue weighted by atomic mass is 10.1. The summed E-state index contributed by atoms with van der Waals surface area (Å²) in [5.41, 5.74) is 3.18. The molecule has 0 spiro atoms. The Morgan fingerprint density at radius 2 is 1.82 bits per heavy atom. The van der Waals surface area contributed by atoms with Crippen LogP contribution in [-0.2, 0) is 16.1 Å². The first kappa shape index (κ1) is 27.1. The first-order chi connectivity index (χ1) is 19.7. The first-order valence-corrected chi connectivity index (χ1v) is 13.4. The molecule has 1 amide bonds. The Balaban J connectivity index is 1.28. The molecular formula is C31H33N5O4. The summed E-state index contributed by atoms with van der Waals surface area (Å²) in [4.78, 5) is 23.5. The number of fused-ring (bicyclic) bond motifs is 1. The highest BCUT2D eigenvalue weighted by Gasteiger charge is 2.14. The van der Waals surface area contributed by atoms with Gasteiger partial charge in [-0.15, -0.1) is 0 Å². The third-order valence-corrected chi connectivity index (χ3v) is 6.53. The fourth-order valence-corrected chi connectivity index (χ4v) is 4.39. The van der Waals surface area contributed by atoms with Crippen LogP contribution in [0.1, 0.15) is 12.0 Å². The lowest BCUT2D eigenvalue weighted by molar-refractivity contribution is -0.111. The monoisotopic (exact) mass is 539 g/mol. The highest BCUT2D eigenvalue weighted by molar-refractivity contribution is 6.03. The molecule has 1 aromatic heterocycles. The van der Waals surface area contributed by atoms with Gasteiger partial charge in [-0.2, -0.15) is 0 Å². The highest BCUT2D eigenvalue weighted by atomic mass is 16.5. The van der Waals surface area contributed by atoms with Crippen molar-refractivity contribution >= 4 is 34.0 Å². The number of nitrogens with one attached hydrogen (secondary N) is 2. The number of ether oxygens (including phenoxy) is 3. The summed E-state index contributed by atoms with van der Waals surface area (Å²) in [6.45, 7) is 8.92. The molecule has 1 saturated heterocycles. The molecule has 5 rings (SSSR count). The fourth-order valence-electron chi connectivity index (χ4n) is 4.39. The van der Waals surface area contributed by atoms with Crippen LogP contribution in [0.5, 0.6) is 11.5 Å². The molecule has 0 atom stereocenters. The van der Waals surface area contributed by atoms with Crippen LogP contribution >= 0.6 is 0 Å². The predicted octanol–water partition coefficient (Wildman–Crippen LogP) is 5.18. The van der Waals surface area contributed by atoms with Crippen LogP contribution in [0.15, 0.2) is 85.7 Å². The van der Waals surface area contributed by atoms with E-state index >= 15 is 0 Å². The maximum Gasteiger partial charge on any atom is 0.247 e. The van der Waals surface area contributed by atoms with Crippen molar-refractivity contribution in [2.75, 3.05) is 50.1 Å². The van der Waals surface area contributed by atoms with E-state index in [1.807, 2.05) is 66.7 Å². The summed E-state index contributed by atoms with van der Waals surface area (Å²) in [6.07, 6.45) is 3.59. The summed E-state index contributed by atoms with van der Waals surface area (Å²) < 4.78 is 17.4. The molecule has 206 valence electrons. The zero-order valence-corrected chi connectivity index (χ0v) is 22.3. The second kappa shape index (κ2) is 13.5. The van der Waals surface area contributed by atoms with Gasteiger partial charge in [0.25, 0.3) is 0 Å². The average Bonchev–Trinajstić information content (AvgIpc) is 3.00. The molecule has 2 N–H and O–H groups in total. The van der Waals surface area contributed by atoms with Gasteiger partial charge in [0, 0.05) is 36.8 Å². The maximum atomic E-state index is 12.2. The molecule has 40 heavy (non-hydrogen) atoms. The fraction of sp³-hybridized carbons (Fsp3) is 0.258. The number of hydrogen-bond donors (Lipinski definition) is 2. The molecule has 3 aromatic carbocycles. The normalized spacial score (nSPS) is 13.5. The minimum Gasteiger partial charge on any atom is -0.491 e. The summed E-state index contributed by atoms with van der Waals surface area (Å²) in [5, 5.41) is 6.96. The number of carbonyl (C=O) groups is 1. The van der Waals surface area contributed by atoms with Crippen molar-refractivity contribution in [1.82, 2.24) is 14.9 Å². The van der Waals surface area contributed by atoms with E-state index in [2.05, 4.69) is 32.1 Å². The Labute approximate surface area is 233 Å². The number of carbonyl (C=O) groups excluding carboxylic acids is 1. The number of amides is 1. The van der Waals surface area contributed by atoms with Crippen molar-refractivity contribution in [3.05, 3.63) is 91.3 Å². The molecule has 0 saturated carbocycles. The Bertz CT molecular complexity index is 1420. The Hall–Kier alpha value is -4.47. The number of rotatable bonds is 12. The molecule has 0 aliphatic carbocycles. The van der Waals surface area contributed by atoms with Crippen molar-refractivity contribution in [3.63, 3.8) is 0 Å². The molecule has 9 heteroatoms. The lowest BCUT2D eigenvalue weighted by Gasteiger charge is -2.26. The number of nitrogens with zero attached hydrogens (tertiary/aromatic N) is 3. The number of hydrogen-bond acceptors (Lipinski definition) is 8. The lowest BCUT2D eigenvalue weighted by Crippen LogP contribution is -2.37. The summed E-state index contributed by atoms with van der Waals surface area (Å²) in [6, 6.07) is 21.4. The maximum absolute atomic E-state index is 12.2. The van der Waals surface area contributed by atoms with Crippen LogP contribution < -0.4 is 20.1 Å². The van der Waals surface area contributed by atoms with E-state index < -0.39 is 0 Å². The van der Waals surface area contributed by atoms with E-state index in [0.717, 1.165) is 61.7 Å². The summed E-state index contributed by atoms with van der Waals surface area (Å²) in [7, 11) is 0. The van der Waals surface area contributed by atoms with E-state index in [9.17, 15) is 4.79 Å². The summed E-state index contributed by atoms with van der Waals surface area (Å²) >= 11 is 0. The van der Waals surface area contributed by atoms with Crippen LogP contribution in [0, 0.1) is 0 Å². The van der Waals surface area contributed by atoms with Gasteiger partial charge in [-0.25, -0.2) is 9.97 Å². The second-order valence-corrected chi connectivity index (χ2v) is 9.36. The Morgan fingerprint density at radius 1 is 1.02 bits per heavy atom. The van der Waals surface area contributed by atoms with Crippen LogP contribution in [0.2, 0.25) is 0 Å². The molecule has 0 bridgehead atoms. The Morgan fingerprint density at radius 3 is 2.60 bits per heavy atom. The van der Waals surface area contributed by atoms with Gasteiger partial charge in [0.1, 0.15) is 30.3 Å². The second-order valence-electron chi connectivity index (χ2n) is 9.36. The molecule has 4 aromatic rings. The van der Waals surface area contributed by atoms with E-state index in [1.165, 1.54) is 12.4 Å². The van der Waals surface area contributed by atoms with Gasteiger partial charge in [-0.05, 0) is 48.4 Å². The van der Waals surface area contributed by atoms with Crippen molar-refractivity contribution < 1.29 is 19.0 Å². The zero-order chi connectivity index (χ0) is 27.6. The van der Waals surface area contributed by atoms with Crippen molar-refractivity contribution in [2.45, 2.75) is 13.0 Å². The molecule has 1 aliphatic heterocycles. The smallest absolute Gasteiger partial charge is 0.247 e. The van der Waals surface area contributed by atoms with Gasteiger partial charge in [-0.3, -0.25) is 9.69 Å². The van der Waals surface area contributed by atoms with Crippen LogP contribution in [-0.4, -0.2) is 60.2 Å². The topological polar surface area (TPSA) is 97.8 Å². The van der Waals surface area contributed by atoms with E-state index in [1.54, 1.807) is 0 Å². The SMILES string of the molecule is C=CC(=O)Nc1cc2c(Nc3ccc(OCc4ccccc4)cc3)ncnc2cc1OCCCN1CCOCC1.